The fraction of sp³-hybridized carbons (Fsp3) is 0.500. The highest BCUT2D eigenvalue weighted by Crippen LogP contribution is 2.11. The molecule has 1 aromatic heterocycles. The van der Waals surface area contributed by atoms with E-state index in [0.717, 1.165) is 0 Å². The Balaban J connectivity index is 2.36. The first-order valence-electron chi connectivity index (χ1n) is 5.02. The summed E-state index contributed by atoms with van der Waals surface area (Å²) in [5.41, 5.74) is 2.67. The van der Waals surface area contributed by atoms with Crippen LogP contribution >= 0.6 is 0 Å². The van der Waals surface area contributed by atoms with Gasteiger partial charge < -0.3 is 13.9 Å². The molecule has 0 aliphatic rings. The van der Waals surface area contributed by atoms with Gasteiger partial charge >= 0.3 is 5.91 Å². The molecule has 0 aromatic carbocycles. The van der Waals surface area contributed by atoms with Crippen LogP contribution in [0, 0.1) is 0 Å². The summed E-state index contributed by atoms with van der Waals surface area (Å²) in [4.78, 5) is 11.2. The third kappa shape index (κ3) is 3.65. The van der Waals surface area contributed by atoms with Gasteiger partial charge in [0.1, 0.15) is 0 Å². The lowest BCUT2D eigenvalue weighted by molar-refractivity contribution is 0.0446. The summed E-state index contributed by atoms with van der Waals surface area (Å²) in [6.07, 6.45) is 1.42. The molecule has 6 heteroatoms. The Morgan fingerprint density at radius 3 is 2.94 bits per heavy atom. The average molecular weight is 228 g/mol. The molecule has 3 N–H and O–H groups in total. The van der Waals surface area contributed by atoms with Crippen LogP contribution in [0.15, 0.2) is 16.7 Å². The molecule has 1 amide bonds. The van der Waals surface area contributed by atoms with Gasteiger partial charge in [-0.1, -0.05) is 0 Å². The molecule has 1 heterocycles. The predicted molar refractivity (Wildman–Crippen MR) is 56.5 cm³/mol. The Morgan fingerprint density at radius 1 is 1.50 bits per heavy atom. The van der Waals surface area contributed by atoms with Gasteiger partial charge in [0.05, 0.1) is 26.1 Å². The van der Waals surface area contributed by atoms with E-state index in [9.17, 15) is 4.79 Å². The minimum Gasteiger partial charge on any atom is -0.459 e. The number of amides is 1. The Hall–Kier alpha value is -1.37. The molecule has 0 bridgehead atoms. The Bertz CT molecular complexity index is 324. The maximum absolute atomic E-state index is 11.2. The van der Waals surface area contributed by atoms with E-state index in [1.54, 1.807) is 6.07 Å². The van der Waals surface area contributed by atoms with Crippen molar-refractivity contribution in [2.24, 2.45) is 5.84 Å². The molecule has 16 heavy (non-hydrogen) atoms. The second-order valence-electron chi connectivity index (χ2n) is 3.00. The standard InChI is InChI=1S/C10H16N2O4/c1-2-14-5-6-15-7-8-3-4-16-9(8)10(13)12-11/h3-4H,2,5-7,11H2,1H3,(H,12,13). The Kier molecular flexibility index (Phi) is 5.55. The van der Waals surface area contributed by atoms with Crippen LogP contribution in [-0.2, 0) is 16.1 Å². The maximum Gasteiger partial charge on any atom is 0.301 e. The minimum atomic E-state index is -0.464. The van der Waals surface area contributed by atoms with Crippen LogP contribution in [0.2, 0.25) is 0 Å². The van der Waals surface area contributed by atoms with Crippen molar-refractivity contribution in [1.29, 1.82) is 0 Å². The van der Waals surface area contributed by atoms with Gasteiger partial charge in [-0.25, -0.2) is 5.84 Å². The van der Waals surface area contributed by atoms with E-state index >= 15 is 0 Å². The first-order chi connectivity index (χ1) is 7.79. The number of furan rings is 1. The number of hydrazine groups is 1. The fourth-order valence-electron chi connectivity index (χ4n) is 1.16. The SMILES string of the molecule is CCOCCOCc1ccoc1C(=O)NN. The molecule has 0 saturated heterocycles. The van der Waals surface area contributed by atoms with Gasteiger partial charge in [0, 0.05) is 12.2 Å². The quantitative estimate of drug-likeness (QED) is 0.306. The topological polar surface area (TPSA) is 86.7 Å². The summed E-state index contributed by atoms with van der Waals surface area (Å²) in [7, 11) is 0. The number of nitrogen functional groups attached to an aromatic ring is 1. The number of carbonyl (C=O) groups is 1. The second-order valence-corrected chi connectivity index (χ2v) is 3.00. The first-order valence-corrected chi connectivity index (χ1v) is 5.02. The number of ether oxygens (including phenoxy) is 2. The van der Waals surface area contributed by atoms with Crippen LogP contribution in [0.3, 0.4) is 0 Å². The van der Waals surface area contributed by atoms with Crippen LogP contribution in [-0.4, -0.2) is 25.7 Å². The Morgan fingerprint density at radius 2 is 2.25 bits per heavy atom. The van der Waals surface area contributed by atoms with Gasteiger partial charge in [0.25, 0.3) is 0 Å². The van der Waals surface area contributed by atoms with Gasteiger partial charge in [-0.05, 0) is 13.0 Å². The summed E-state index contributed by atoms with van der Waals surface area (Å²) >= 11 is 0. The minimum absolute atomic E-state index is 0.180. The molecule has 0 aliphatic carbocycles. The van der Waals surface area contributed by atoms with E-state index in [0.29, 0.717) is 32.0 Å². The van der Waals surface area contributed by atoms with Crippen molar-refractivity contribution in [1.82, 2.24) is 5.43 Å². The number of nitrogens with one attached hydrogen (secondary N) is 1. The molecule has 0 spiro atoms. The number of rotatable bonds is 7. The molecule has 0 radical (unpaired) electrons. The van der Waals surface area contributed by atoms with Crippen molar-refractivity contribution in [3.05, 3.63) is 23.7 Å². The largest absolute Gasteiger partial charge is 0.459 e. The Labute approximate surface area is 93.7 Å². The van der Waals surface area contributed by atoms with Crippen molar-refractivity contribution in [2.45, 2.75) is 13.5 Å². The van der Waals surface area contributed by atoms with E-state index < -0.39 is 5.91 Å². The summed E-state index contributed by atoms with van der Waals surface area (Å²) in [6, 6.07) is 1.67. The van der Waals surface area contributed by atoms with Crippen molar-refractivity contribution in [3.8, 4) is 0 Å². The van der Waals surface area contributed by atoms with Gasteiger partial charge in [-0.15, -0.1) is 0 Å². The summed E-state index contributed by atoms with van der Waals surface area (Å²) in [5, 5.41) is 0. The van der Waals surface area contributed by atoms with Crippen LogP contribution in [0.4, 0.5) is 0 Å². The number of hydrogen-bond acceptors (Lipinski definition) is 5. The zero-order valence-electron chi connectivity index (χ0n) is 9.19. The normalized spacial score (nSPS) is 10.4. The van der Waals surface area contributed by atoms with Crippen molar-refractivity contribution < 1.29 is 18.7 Å². The molecule has 0 fully saturated rings. The highest BCUT2D eigenvalue weighted by atomic mass is 16.5. The van der Waals surface area contributed by atoms with E-state index in [1.165, 1.54) is 6.26 Å². The molecule has 0 atom stereocenters. The van der Waals surface area contributed by atoms with Crippen LogP contribution in [0.5, 0.6) is 0 Å². The molecule has 90 valence electrons. The molecule has 0 aliphatic heterocycles. The lowest BCUT2D eigenvalue weighted by Gasteiger charge is -2.04. The van der Waals surface area contributed by atoms with Gasteiger partial charge in [-0.3, -0.25) is 10.2 Å². The second kappa shape index (κ2) is 7.00. The van der Waals surface area contributed by atoms with Gasteiger partial charge in [-0.2, -0.15) is 0 Å². The van der Waals surface area contributed by atoms with Crippen molar-refractivity contribution in [2.75, 3.05) is 19.8 Å². The smallest absolute Gasteiger partial charge is 0.301 e. The predicted octanol–water partition coefficient (Wildman–Crippen LogP) is 0.436. The van der Waals surface area contributed by atoms with Gasteiger partial charge in [0.15, 0.2) is 5.76 Å². The number of carbonyl (C=O) groups excluding carboxylic acids is 1. The van der Waals surface area contributed by atoms with Gasteiger partial charge in [0.2, 0.25) is 0 Å². The molecule has 6 nitrogen and oxygen atoms in total. The molecule has 1 aromatic rings. The van der Waals surface area contributed by atoms with Crippen LogP contribution < -0.4 is 11.3 Å². The van der Waals surface area contributed by atoms with E-state index in [1.807, 2.05) is 12.3 Å². The molecule has 0 unspecified atom stereocenters. The number of nitrogens with two attached hydrogens (primary N) is 1. The lowest BCUT2D eigenvalue weighted by Crippen LogP contribution is -2.30. The van der Waals surface area contributed by atoms with Crippen molar-refractivity contribution in [3.63, 3.8) is 0 Å². The zero-order chi connectivity index (χ0) is 11.8. The van der Waals surface area contributed by atoms with E-state index in [2.05, 4.69) is 0 Å². The summed E-state index contributed by atoms with van der Waals surface area (Å²) in [5.74, 6) is 4.72. The van der Waals surface area contributed by atoms with E-state index in [4.69, 9.17) is 19.7 Å². The first kappa shape index (κ1) is 12.7. The van der Waals surface area contributed by atoms with Crippen molar-refractivity contribution >= 4 is 5.91 Å². The molecular formula is C10H16N2O4. The average Bonchev–Trinajstić information content (AvgIpc) is 2.76. The summed E-state index contributed by atoms with van der Waals surface area (Å²) < 4.78 is 15.4. The summed E-state index contributed by atoms with van der Waals surface area (Å²) in [6.45, 7) is 3.89. The maximum atomic E-state index is 11.2. The number of hydrogen-bond donors (Lipinski definition) is 2. The zero-order valence-corrected chi connectivity index (χ0v) is 9.19. The third-order valence-electron chi connectivity index (χ3n) is 1.92. The molecular weight excluding hydrogens is 212 g/mol. The highest BCUT2D eigenvalue weighted by molar-refractivity contribution is 5.92. The van der Waals surface area contributed by atoms with E-state index in [-0.39, 0.29) is 5.76 Å². The fourth-order valence-corrected chi connectivity index (χ4v) is 1.16. The van der Waals surface area contributed by atoms with Crippen LogP contribution in [0.1, 0.15) is 23.0 Å². The molecule has 1 rings (SSSR count). The van der Waals surface area contributed by atoms with Crippen LogP contribution in [0.25, 0.3) is 0 Å². The lowest BCUT2D eigenvalue weighted by atomic mass is 10.2. The highest BCUT2D eigenvalue weighted by Gasteiger charge is 2.13. The third-order valence-corrected chi connectivity index (χ3v) is 1.92. The monoisotopic (exact) mass is 228 g/mol. The molecule has 0 saturated carbocycles.